The molecule has 0 aromatic heterocycles. The van der Waals surface area contributed by atoms with Gasteiger partial charge in [-0.05, 0) is 31.0 Å². The molecule has 0 bridgehead atoms. The molecule has 0 saturated carbocycles. The molecule has 2 aliphatic rings. The van der Waals surface area contributed by atoms with Crippen molar-refractivity contribution < 1.29 is 22.8 Å². The van der Waals surface area contributed by atoms with Crippen LogP contribution in [0.25, 0.3) is 0 Å². The summed E-state index contributed by atoms with van der Waals surface area (Å²) in [6, 6.07) is 6.05. The van der Waals surface area contributed by atoms with E-state index >= 15 is 0 Å². The van der Waals surface area contributed by atoms with Gasteiger partial charge in [-0.3, -0.25) is 9.69 Å². The maximum Gasteiger partial charge on any atom is 0.325 e. The highest BCUT2D eigenvalue weighted by Gasteiger charge is 2.52. The van der Waals surface area contributed by atoms with Gasteiger partial charge in [-0.15, -0.1) is 6.42 Å². The van der Waals surface area contributed by atoms with Crippen LogP contribution in [-0.4, -0.2) is 74.2 Å². The van der Waals surface area contributed by atoms with Crippen molar-refractivity contribution in [3.8, 4) is 12.3 Å². The van der Waals surface area contributed by atoms with E-state index in [1.165, 1.54) is 0 Å². The number of rotatable bonds is 5. The largest absolute Gasteiger partial charge is 0.325 e. The van der Waals surface area contributed by atoms with E-state index in [-0.39, 0.29) is 45.1 Å². The number of hydrogen-bond donors (Lipinski definition) is 3. The lowest BCUT2D eigenvalue weighted by Gasteiger charge is -2.37. The number of terminal acetylenes is 1. The number of nitrogens with zero attached hydrogens (tertiary/aromatic N) is 2. The highest BCUT2D eigenvalue weighted by Crippen LogP contribution is 2.29. The second kappa shape index (κ2) is 8.33. The van der Waals surface area contributed by atoms with Crippen LogP contribution in [0, 0.1) is 12.3 Å². The first-order valence-electron chi connectivity index (χ1n) is 9.35. The van der Waals surface area contributed by atoms with Crippen LogP contribution in [0.3, 0.4) is 0 Å². The Morgan fingerprint density at radius 3 is 2.63 bits per heavy atom. The van der Waals surface area contributed by atoms with E-state index in [9.17, 15) is 22.8 Å². The molecule has 0 aliphatic carbocycles. The number of carbonyl (C=O) groups is 3. The van der Waals surface area contributed by atoms with Gasteiger partial charge in [-0.1, -0.05) is 12.0 Å². The van der Waals surface area contributed by atoms with E-state index in [4.69, 9.17) is 6.42 Å². The zero-order chi connectivity index (χ0) is 21.9. The zero-order valence-electron chi connectivity index (χ0n) is 16.5. The number of nitrogens with one attached hydrogen (secondary N) is 3. The number of benzene rings is 1. The molecule has 2 heterocycles. The third-order valence-electron chi connectivity index (χ3n) is 5.13. The lowest BCUT2D eigenvalue weighted by atomic mass is 9.87. The Balaban J connectivity index is 1.57. The molecule has 3 rings (SSSR count). The summed E-state index contributed by atoms with van der Waals surface area (Å²) in [5.74, 6) is 2.11. The molecule has 30 heavy (non-hydrogen) atoms. The van der Waals surface area contributed by atoms with Crippen LogP contribution in [-0.2, 0) is 14.8 Å². The number of sulfonamides is 1. The minimum Gasteiger partial charge on any atom is -0.324 e. The summed E-state index contributed by atoms with van der Waals surface area (Å²) >= 11 is 0. The van der Waals surface area contributed by atoms with Crippen molar-refractivity contribution in [1.82, 2.24) is 19.8 Å². The van der Waals surface area contributed by atoms with E-state index in [0.29, 0.717) is 11.3 Å². The fourth-order valence-electron chi connectivity index (χ4n) is 3.54. The minimum absolute atomic E-state index is 0.0562. The Kier molecular flexibility index (Phi) is 6.00. The lowest BCUT2D eigenvalue weighted by Crippen LogP contribution is -2.56. The molecule has 2 fully saturated rings. The van der Waals surface area contributed by atoms with Crippen LogP contribution in [0.1, 0.15) is 18.4 Å². The second-order valence-electron chi connectivity index (χ2n) is 7.28. The third-order valence-corrected chi connectivity index (χ3v) is 5.86. The van der Waals surface area contributed by atoms with Gasteiger partial charge in [0.25, 0.3) is 5.91 Å². The standard InChI is InChI=1S/C19H23N5O5S/c1-3-14-5-4-6-15(13-14)21-17(26)23-10-7-19(8-11-23)16(25)24(18(27)22-19)12-9-20-30(2,28)29/h1,4-6,13,20H,7-12H2,2H3,(H,21,26)(H,22,27). The minimum atomic E-state index is -3.41. The Bertz CT molecular complexity index is 1010. The highest BCUT2D eigenvalue weighted by molar-refractivity contribution is 7.88. The molecule has 1 spiro atoms. The van der Waals surface area contributed by atoms with Crippen molar-refractivity contribution in [3.63, 3.8) is 0 Å². The number of likely N-dealkylation sites (tertiary alicyclic amines) is 1. The fourth-order valence-corrected chi connectivity index (χ4v) is 4.00. The van der Waals surface area contributed by atoms with Gasteiger partial charge in [-0.2, -0.15) is 0 Å². The highest BCUT2D eigenvalue weighted by atomic mass is 32.2. The van der Waals surface area contributed by atoms with Crippen LogP contribution in [0.15, 0.2) is 24.3 Å². The van der Waals surface area contributed by atoms with Gasteiger partial charge in [0.15, 0.2) is 0 Å². The Morgan fingerprint density at radius 1 is 1.30 bits per heavy atom. The van der Waals surface area contributed by atoms with Crippen LogP contribution in [0.2, 0.25) is 0 Å². The number of hydrogen-bond acceptors (Lipinski definition) is 5. The summed E-state index contributed by atoms with van der Waals surface area (Å²) in [7, 11) is -3.41. The summed E-state index contributed by atoms with van der Waals surface area (Å²) in [6.45, 7) is 0.443. The molecular weight excluding hydrogens is 410 g/mol. The van der Waals surface area contributed by atoms with Gasteiger partial charge in [0, 0.05) is 37.4 Å². The second-order valence-corrected chi connectivity index (χ2v) is 9.11. The molecule has 0 radical (unpaired) electrons. The molecule has 11 heteroatoms. The van der Waals surface area contributed by atoms with Crippen LogP contribution in [0.5, 0.6) is 0 Å². The maximum atomic E-state index is 12.8. The Hall–Kier alpha value is -3.10. The number of amides is 5. The number of imide groups is 1. The van der Waals surface area contributed by atoms with Crippen molar-refractivity contribution in [2.45, 2.75) is 18.4 Å². The topological polar surface area (TPSA) is 128 Å². The molecule has 0 unspecified atom stereocenters. The molecule has 1 aromatic carbocycles. The SMILES string of the molecule is C#Cc1cccc(NC(=O)N2CCC3(CC2)NC(=O)N(CCNS(C)(=O)=O)C3=O)c1. The number of urea groups is 2. The smallest absolute Gasteiger partial charge is 0.324 e. The quantitative estimate of drug-likeness (QED) is 0.449. The molecule has 1 aromatic rings. The molecule has 3 N–H and O–H groups in total. The molecule has 2 aliphatic heterocycles. The van der Waals surface area contributed by atoms with Crippen molar-refractivity contribution in [2.24, 2.45) is 0 Å². The molecule has 2 saturated heterocycles. The number of carbonyl (C=O) groups excluding carboxylic acids is 3. The normalized spacial score (nSPS) is 18.3. The Labute approximate surface area is 175 Å². The molecule has 160 valence electrons. The van der Waals surface area contributed by atoms with Gasteiger partial charge >= 0.3 is 12.1 Å². The number of piperidine rings is 1. The van der Waals surface area contributed by atoms with Crippen LogP contribution >= 0.6 is 0 Å². The summed E-state index contributed by atoms with van der Waals surface area (Å²) in [5.41, 5.74) is 0.156. The van der Waals surface area contributed by atoms with Gasteiger partial charge in [0.1, 0.15) is 5.54 Å². The van der Waals surface area contributed by atoms with Crippen molar-refractivity contribution in [1.29, 1.82) is 0 Å². The first-order chi connectivity index (χ1) is 14.1. The van der Waals surface area contributed by atoms with Gasteiger partial charge in [-0.25, -0.2) is 22.7 Å². The number of anilines is 1. The molecule has 10 nitrogen and oxygen atoms in total. The average molecular weight is 433 g/mol. The van der Waals surface area contributed by atoms with Gasteiger partial charge in [0.05, 0.1) is 6.26 Å². The first kappa shape index (κ1) is 21.6. The summed E-state index contributed by atoms with van der Waals surface area (Å²) in [4.78, 5) is 40.2. The predicted octanol–water partition coefficient (Wildman–Crippen LogP) is 0.135. The van der Waals surface area contributed by atoms with E-state index in [1.54, 1.807) is 29.2 Å². The van der Waals surface area contributed by atoms with Crippen LogP contribution < -0.4 is 15.4 Å². The summed E-state index contributed by atoms with van der Waals surface area (Å²) < 4.78 is 24.6. The predicted molar refractivity (Wildman–Crippen MR) is 110 cm³/mol. The van der Waals surface area contributed by atoms with E-state index in [1.807, 2.05) is 0 Å². The average Bonchev–Trinajstić information content (AvgIpc) is 2.91. The third kappa shape index (κ3) is 4.72. The zero-order valence-corrected chi connectivity index (χ0v) is 17.3. The molecular formula is C19H23N5O5S. The van der Waals surface area contributed by atoms with Crippen molar-refractivity contribution >= 4 is 33.7 Å². The lowest BCUT2D eigenvalue weighted by molar-refractivity contribution is -0.132. The van der Waals surface area contributed by atoms with Gasteiger partial charge < -0.3 is 15.5 Å². The summed E-state index contributed by atoms with van der Waals surface area (Å²) in [5, 5.41) is 5.50. The van der Waals surface area contributed by atoms with E-state index in [0.717, 1.165) is 11.2 Å². The van der Waals surface area contributed by atoms with E-state index in [2.05, 4.69) is 21.3 Å². The monoisotopic (exact) mass is 433 g/mol. The van der Waals surface area contributed by atoms with E-state index < -0.39 is 27.5 Å². The molecule has 5 amide bonds. The van der Waals surface area contributed by atoms with Gasteiger partial charge in [0.2, 0.25) is 10.0 Å². The first-order valence-corrected chi connectivity index (χ1v) is 11.2. The summed E-state index contributed by atoms with van der Waals surface area (Å²) in [6.07, 6.45) is 6.91. The fraction of sp³-hybridized carbons (Fsp3) is 0.421. The molecule has 0 atom stereocenters. The van der Waals surface area contributed by atoms with Crippen molar-refractivity contribution in [3.05, 3.63) is 29.8 Å². The maximum absolute atomic E-state index is 12.8. The van der Waals surface area contributed by atoms with Crippen LogP contribution in [0.4, 0.5) is 15.3 Å². The Morgan fingerprint density at radius 2 is 2.00 bits per heavy atom. The van der Waals surface area contributed by atoms with Crippen molar-refractivity contribution in [2.75, 3.05) is 37.8 Å².